The largest absolute Gasteiger partial charge is 0.380 e. The van der Waals surface area contributed by atoms with Gasteiger partial charge in [-0.15, -0.1) is 0 Å². The fourth-order valence-electron chi connectivity index (χ4n) is 1.46. The molecule has 0 spiro atoms. The van der Waals surface area contributed by atoms with Crippen molar-refractivity contribution < 1.29 is 4.74 Å². The average molecular weight is 185 g/mol. The van der Waals surface area contributed by atoms with E-state index in [1.54, 1.807) is 7.11 Å². The number of likely N-dealkylation sites (N-methyl/N-ethyl adjacent to an activating group) is 1. The highest BCUT2D eigenvalue weighted by atomic mass is 16.5. The number of methoxy groups -OCH3 is 1. The number of allylic oxidation sites excluding steroid dienone is 1. The second-order valence-electron chi connectivity index (χ2n) is 3.62. The van der Waals surface area contributed by atoms with Gasteiger partial charge >= 0.3 is 0 Å². The first kappa shape index (κ1) is 12.7. The van der Waals surface area contributed by atoms with Crippen LogP contribution in [0.1, 0.15) is 33.6 Å². The first-order valence-corrected chi connectivity index (χ1v) is 5.00. The van der Waals surface area contributed by atoms with Gasteiger partial charge in [-0.2, -0.15) is 0 Å². The second kappa shape index (κ2) is 7.10. The molecule has 0 amide bonds. The monoisotopic (exact) mass is 185 g/mol. The molecule has 0 saturated heterocycles. The molecule has 0 aromatic carbocycles. The molecule has 0 fully saturated rings. The zero-order valence-electron chi connectivity index (χ0n) is 9.55. The van der Waals surface area contributed by atoms with Crippen molar-refractivity contribution in [2.75, 3.05) is 14.2 Å². The van der Waals surface area contributed by atoms with Gasteiger partial charge in [-0.25, -0.2) is 0 Å². The Hall–Kier alpha value is -0.340. The van der Waals surface area contributed by atoms with Crippen LogP contribution in [0.2, 0.25) is 0 Å². The standard InChI is InChI=1S/C11H23NO/c1-6-7-11(13-5)10(12-4)8-9(2)3/h8,10-12H,6-7H2,1-5H3. The highest BCUT2D eigenvalue weighted by Crippen LogP contribution is 2.09. The summed E-state index contributed by atoms with van der Waals surface area (Å²) in [5, 5.41) is 3.27. The molecular formula is C11H23NO. The molecule has 2 unspecified atom stereocenters. The predicted molar refractivity (Wildman–Crippen MR) is 58.0 cm³/mol. The van der Waals surface area contributed by atoms with E-state index in [-0.39, 0.29) is 0 Å². The Kier molecular flexibility index (Phi) is 6.92. The van der Waals surface area contributed by atoms with Crippen molar-refractivity contribution in [1.29, 1.82) is 0 Å². The fraction of sp³-hybridized carbons (Fsp3) is 0.818. The van der Waals surface area contributed by atoms with Gasteiger partial charge in [0.15, 0.2) is 0 Å². The van der Waals surface area contributed by atoms with Crippen molar-refractivity contribution in [2.45, 2.75) is 45.8 Å². The number of ether oxygens (including phenoxy) is 1. The molecule has 0 aliphatic carbocycles. The van der Waals surface area contributed by atoms with Crippen molar-refractivity contribution >= 4 is 0 Å². The molecule has 2 heteroatoms. The number of hydrogen-bond acceptors (Lipinski definition) is 2. The summed E-state index contributed by atoms with van der Waals surface area (Å²) in [6.45, 7) is 6.41. The zero-order chi connectivity index (χ0) is 10.3. The molecular weight excluding hydrogens is 162 g/mol. The van der Waals surface area contributed by atoms with E-state index in [1.165, 1.54) is 5.57 Å². The zero-order valence-corrected chi connectivity index (χ0v) is 9.55. The lowest BCUT2D eigenvalue weighted by Crippen LogP contribution is -2.37. The molecule has 13 heavy (non-hydrogen) atoms. The molecule has 0 rings (SSSR count). The van der Waals surface area contributed by atoms with Crippen molar-refractivity contribution in [3.63, 3.8) is 0 Å². The van der Waals surface area contributed by atoms with Crippen LogP contribution in [-0.2, 0) is 4.74 Å². The van der Waals surface area contributed by atoms with Crippen molar-refractivity contribution in [3.8, 4) is 0 Å². The van der Waals surface area contributed by atoms with Gasteiger partial charge < -0.3 is 10.1 Å². The molecule has 78 valence electrons. The third-order valence-corrected chi connectivity index (χ3v) is 2.12. The Morgan fingerprint density at radius 2 is 2.08 bits per heavy atom. The molecule has 0 radical (unpaired) electrons. The lowest BCUT2D eigenvalue weighted by atomic mass is 10.0. The average Bonchev–Trinajstić information content (AvgIpc) is 2.10. The summed E-state index contributed by atoms with van der Waals surface area (Å²) < 4.78 is 5.44. The summed E-state index contributed by atoms with van der Waals surface area (Å²) in [6, 6.07) is 0.343. The van der Waals surface area contributed by atoms with Crippen LogP contribution in [0.4, 0.5) is 0 Å². The maximum atomic E-state index is 5.44. The van der Waals surface area contributed by atoms with E-state index in [0.29, 0.717) is 12.1 Å². The van der Waals surface area contributed by atoms with Gasteiger partial charge in [0, 0.05) is 7.11 Å². The molecule has 2 nitrogen and oxygen atoms in total. The van der Waals surface area contributed by atoms with E-state index in [4.69, 9.17) is 4.74 Å². The van der Waals surface area contributed by atoms with Gasteiger partial charge in [-0.05, 0) is 27.3 Å². The van der Waals surface area contributed by atoms with Crippen LogP contribution in [0.15, 0.2) is 11.6 Å². The van der Waals surface area contributed by atoms with Crippen molar-refractivity contribution in [2.24, 2.45) is 0 Å². The molecule has 0 heterocycles. The topological polar surface area (TPSA) is 21.3 Å². The predicted octanol–water partition coefficient (Wildman–Crippen LogP) is 2.36. The minimum atomic E-state index is 0.296. The highest BCUT2D eigenvalue weighted by Gasteiger charge is 2.15. The molecule has 0 aliphatic heterocycles. The smallest absolute Gasteiger partial charge is 0.0759 e. The fourth-order valence-corrected chi connectivity index (χ4v) is 1.46. The summed E-state index contributed by atoms with van der Waals surface area (Å²) in [7, 11) is 3.76. The number of nitrogens with one attached hydrogen (secondary N) is 1. The Labute approximate surface area is 82.4 Å². The first-order valence-electron chi connectivity index (χ1n) is 5.00. The minimum absolute atomic E-state index is 0.296. The number of hydrogen-bond donors (Lipinski definition) is 1. The maximum Gasteiger partial charge on any atom is 0.0759 e. The third-order valence-electron chi connectivity index (χ3n) is 2.12. The highest BCUT2D eigenvalue weighted by molar-refractivity contribution is 5.03. The second-order valence-corrected chi connectivity index (χ2v) is 3.62. The van der Waals surface area contributed by atoms with Crippen LogP contribution in [0.5, 0.6) is 0 Å². The summed E-state index contributed by atoms with van der Waals surface area (Å²) in [4.78, 5) is 0. The van der Waals surface area contributed by atoms with Crippen LogP contribution in [0.3, 0.4) is 0 Å². The number of rotatable bonds is 6. The molecule has 0 aromatic rings. The summed E-state index contributed by atoms with van der Waals surface area (Å²) in [5.41, 5.74) is 1.33. The Balaban J connectivity index is 4.24. The molecule has 0 bridgehead atoms. The summed E-state index contributed by atoms with van der Waals surface area (Å²) in [5.74, 6) is 0. The van der Waals surface area contributed by atoms with Gasteiger partial charge in [0.05, 0.1) is 12.1 Å². The third kappa shape index (κ3) is 5.06. The lowest BCUT2D eigenvalue weighted by molar-refractivity contribution is 0.0762. The van der Waals surface area contributed by atoms with Crippen LogP contribution < -0.4 is 5.32 Å². The SMILES string of the molecule is CCCC(OC)C(C=C(C)C)NC. The van der Waals surface area contributed by atoms with E-state index in [2.05, 4.69) is 32.2 Å². The van der Waals surface area contributed by atoms with E-state index >= 15 is 0 Å². The molecule has 1 N–H and O–H groups in total. The van der Waals surface area contributed by atoms with E-state index < -0.39 is 0 Å². The van der Waals surface area contributed by atoms with Crippen molar-refractivity contribution in [3.05, 3.63) is 11.6 Å². The van der Waals surface area contributed by atoms with Crippen LogP contribution in [0, 0.1) is 0 Å². The quantitative estimate of drug-likeness (QED) is 0.641. The summed E-state index contributed by atoms with van der Waals surface area (Å²) >= 11 is 0. The van der Waals surface area contributed by atoms with Gasteiger partial charge in [0.1, 0.15) is 0 Å². The van der Waals surface area contributed by atoms with Crippen LogP contribution >= 0.6 is 0 Å². The molecule has 0 saturated carbocycles. The van der Waals surface area contributed by atoms with Gasteiger partial charge in [-0.3, -0.25) is 0 Å². The van der Waals surface area contributed by atoms with Crippen LogP contribution in [-0.4, -0.2) is 26.3 Å². The van der Waals surface area contributed by atoms with Crippen molar-refractivity contribution in [1.82, 2.24) is 5.32 Å². The molecule has 0 aromatic heterocycles. The normalized spacial score (nSPS) is 15.2. The van der Waals surface area contributed by atoms with Crippen LogP contribution in [0.25, 0.3) is 0 Å². The first-order chi connectivity index (χ1) is 6.15. The molecule has 2 atom stereocenters. The Morgan fingerprint density at radius 1 is 1.46 bits per heavy atom. The minimum Gasteiger partial charge on any atom is -0.380 e. The Bertz CT molecular complexity index is 150. The van der Waals surface area contributed by atoms with E-state index in [1.807, 2.05) is 7.05 Å². The van der Waals surface area contributed by atoms with Gasteiger partial charge in [0.2, 0.25) is 0 Å². The van der Waals surface area contributed by atoms with E-state index in [0.717, 1.165) is 12.8 Å². The van der Waals surface area contributed by atoms with Gasteiger partial charge in [0.25, 0.3) is 0 Å². The van der Waals surface area contributed by atoms with Gasteiger partial charge in [-0.1, -0.05) is 25.0 Å². The summed E-state index contributed by atoms with van der Waals surface area (Å²) in [6.07, 6.45) is 4.79. The molecule has 0 aliphatic rings. The Morgan fingerprint density at radius 3 is 2.38 bits per heavy atom. The maximum absolute atomic E-state index is 5.44. The van der Waals surface area contributed by atoms with E-state index in [9.17, 15) is 0 Å². The lowest BCUT2D eigenvalue weighted by Gasteiger charge is -2.23.